The van der Waals surface area contributed by atoms with Crippen molar-refractivity contribution in [3.63, 3.8) is 0 Å². The quantitative estimate of drug-likeness (QED) is 0.210. The Kier molecular flexibility index (Phi) is 17.2. The van der Waals surface area contributed by atoms with Crippen LogP contribution in [0, 0.1) is 17.8 Å². The van der Waals surface area contributed by atoms with Crippen molar-refractivity contribution in [1.82, 2.24) is 24.9 Å². The van der Waals surface area contributed by atoms with Gasteiger partial charge in [-0.3, -0.25) is 24.1 Å². The second-order valence-electron chi connectivity index (χ2n) is 14.7. The van der Waals surface area contributed by atoms with Gasteiger partial charge >= 0.3 is 0 Å². The minimum absolute atomic E-state index is 0.00595. The third kappa shape index (κ3) is 10.9. The van der Waals surface area contributed by atoms with Gasteiger partial charge in [0.1, 0.15) is 6.04 Å². The third-order valence-corrected chi connectivity index (χ3v) is 10.8. The Bertz CT molecular complexity index is 1260. The van der Waals surface area contributed by atoms with Gasteiger partial charge in [-0.25, -0.2) is 0 Å². The highest BCUT2D eigenvalue weighted by atomic mass is 16.5. The van der Waals surface area contributed by atoms with E-state index >= 15 is 0 Å². The number of hydrogen-bond donors (Lipinski definition) is 2. The number of likely N-dealkylation sites (tertiary alicyclic amines) is 1. The summed E-state index contributed by atoms with van der Waals surface area (Å²) in [5.41, 5.74) is 7.81. The van der Waals surface area contributed by atoms with Crippen LogP contribution in [0.1, 0.15) is 72.8 Å². The summed E-state index contributed by atoms with van der Waals surface area (Å²) >= 11 is 0. The minimum atomic E-state index is -0.734. The molecule has 0 aromatic heterocycles. The first-order chi connectivity index (χ1) is 23.5. The van der Waals surface area contributed by atoms with Crippen molar-refractivity contribution in [3.8, 4) is 0 Å². The predicted molar refractivity (Wildman–Crippen MR) is 198 cm³/mol. The normalized spacial score (nSPS) is 19.0. The van der Waals surface area contributed by atoms with Gasteiger partial charge < -0.3 is 35.2 Å². The zero-order valence-corrected chi connectivity index (χ0v) is 32.8. The number of benzene rings is 1. The fourth-order valence-electron chi connectivity index (χ4n) is 7.05. The van der Waals surface area contributed by atoms with E-state index < -0.39 is 36.3 Å². The maximum Gasteiger partial charge on any atom is 0.245 e. The van der Waals surface area contributed by atoms with Crippen LogP contribution < -0.4 is 11.1 Å². The number of amides is 4. The van der Waals surface area contributed by atoms with Crippen LogP contribution >= 0.6 is 0 Å². The van der Waals surface area contributed by atoms with Crippen molar-refractivity contribution in [2.45, 2.75) is 110 Å². The summed E-state index contributed by atoms with van der Waals surface area (Å²) in [4.78, 5) is 61.8. The van der Waals surface area contributed by atoms with E-state index in [1.807, 2.05) is 64.0 Å². The Morgan fingerprint density at radius 1 is 0.980 bits per heavy atom. The lowest BCUT2D eigenvalue weighted by Crippen LogP contribution is -2.59. The largest absolute Gasteiger partial charge is 0.399 e. The highest BCUT2D eigenvalue weighted by molar-refractivity contribution is 5.90. The molecule has 1 aliphatic heterocycles. The maximum absolute atomic E-state index is 14.1. The van der Waals surface area contributed by atoms with E-state index in [9.17, 15) is 19.2 Å². The molecule has 12 nitrogen and oxygen atoms in total. The lowest BCUT2D eigenvalue weighted by molar-refractivity contribution is -0.149. The molecular weight excluding hydrogens is 636 g/mol. The summed E-state index contributed by atoms with van der Waals surface area (Å²) in [5.74, 6) is -1.22. The number of ether oxygens (including phenoxy) is 2. The summed E-state index contributed by atoms with van der Waals surface area (Å²) in [6.07, 6.45) is 1.90. The highest BCUT2D eigenvalue weighted by Gasteiger charge is 2.43. The van der Waals surface area contributed by atoms with E-state index in [1.54, 1.807) is 49.9 Å². The zero-order valence-electron chi connectivity index (χ0n) is 32.8. The Balaban J connectivity index is 2.23. The molecule has 1 heterocycles. The summed E-state index contributed by atoms with van der Waals surface area (Å²) in [6, 6.07) is 5.83. The Hall–Kier alpha value is -3.22. The van der Waals surface area contributed by atoms with Crippen LogP contribution in [0.3, 0.4) is 0 Å². The lowest BCUT2D eigenvalue weighted by Gasteiger charge is -2.41. The molecule has 4 amide bonds. The van der Waals surface area contributed by atoms with Crippen LogP contribution in [0.4, 0.5) is 5.69 Å². The smallest absolute Gasteiger partial charge is 0.245 e. The number of methoxy groups -OCH3 is 2. The van der Waals surface area contributed by atoms with E-state index in [0.29, 0.717) is 25.2 Å². The number of likely N-dealkylation sites (N-methyl/N-ethyl adjacent to an activating group) is 3. The van der Waals surface area contributed by atoms with Crippen LogP contribution in [-0.4, -0.2) is 135 Å². The minimum Gasteiger partial charge on any atom is -0.399 e. The second-order valence-corrected chi connectivity index (χ2v) is 14.7. The number of hydrogen-bond acceptors (Lipinski definition) is 8. The van der Waals surface area contributed by atoms with Crippen molar-refractivity contribution in [1.29, 1.82) is 0 Å². The molecule has 8 atom stereocenters. The fourth-order valence-corrected chi connectivity index (χ4v) is 7.05. The Labute approximate surface area is 301 Å². The predicted octanol–water partition coefficient (Wildman–Crippen LogP) is 3.28. The molecule has 3 unspecified atom stereocenters. The molecule has 0 aliphatic carbocycles. The number of nitrogen functional groups attached to an aromatic ring is 1. The summed E-state index contributed by atoms with van der Waals surface area (Å²) in [7, 11) is 10.3. The first-order valence-electron chi connectivity index (χ1n) is 18.2. The number of carbonyl (C=O) groups excluding carboxylic acids is 4. The Morgan fingerprint density at radius 2 is 1.62 bits per heavy atom. The van der Waals surface area contributed by atoms with Crippen molar-refractivity contribution in [2.24, 2.45) is 17.8 Å². The molecule has 3 N–H and O–H groups in total. The van der Waals surface area contributed by atoms with Crippen LogP contribution in [-0.2, 0) is 35.1 Å². The van der Waals surface area contributed by atoms with Gasteiger partial charge in [0.2, 0.25) is 23.6 Å². The van der Waals surface area contributed by atoms with Crippen LogP contribution in [0.15, 0.2) is 24.3 Å². The van der Waals surface area contributed by atoms with Gasteiger partial charge in [-0.05, 0) is 63.7 Å². The fraction of sp³-hybridized carbons (Fsp3) is 0.737. The number of anilines is 1. The van der Waals surface area contributed by atoms with E-state index in [0.717, 1.165) is 24.8 Å². The topological polar surface area (TPSA) is 138 Å². The Morgan fingerprint density at radius 3 is 2.16 bits per heavy atom. The summed E-state index contributed by atoms with van der Waals surface area (Å²) < 4.78 is 12.0. The second kappa shape index (κ2) is 20.0. The molecule has 0 bridgehead atoms. The molecule has 1 aliphatic rings. The molecule has 2 rings (SSSR count). The molecular formula is C38H66N6O6. The molecule has 0 spiro atoms. The average molecular weight is 703 g/mol. The van der Waals surface area contributed by atoms with Gasteiger partial charge in [0.25, 0.3) is 0 Å². The maximum atomic E-state index is 14.1. The van der Waals surface area contributed by atoms with Crippen molar-refractivity contribution in [3.05, 3.63) is 29.8 Å². The van der Waals surface area contributed by atoms with Crippen molar-refractivity contribution in [2.75, 3.05) is 61.2 Å². The summed E-state index contributed by atoms with van der Waals surface area (Å²) in [6.45, 7) is 12.7. The monoisotopic (exact) mass is 703 g/mol. The first kappa shape index (κ1) is 42.9. The number of nitrogens with zero attached hydrogens (tertiary/aromatic N) is 4. The van der Waals surface area contributed by atoms with Gasteiger partial charge in [0.15, 0.2) is 0 Å². The van der Waals surface area contributed by atoms with E-state index in [2.05, 4.69) is 19.2 Å². The lowest BCUT2D eigenvalue weighted by atomic mass is 9.89. The number of rotatable bonds is 19. The standard InChI is InChI=1S/C38H66N6O6/c1-13-25(4)34(43(10)38(48)33(24(2)3)40-36(46)27(6)41(7)8)31(49-11)23-32(45)44-21-16-19-30(44)35(50-12)26(5)37(47)42(9)22-20-28-17-14-15-18-29(28)39/h14-15,17-18,24-27,30-31,33-35H,13,16,19-23,39H2,1-12H3,(H,40,46)/t25-,26+,27?,30?,31+,33?,34-,35+/m0/s1. The highest BCUT2D eigenvalue weighted by Crippen LogP contribution is 2.30. The zero-order chi connectivity index (χ0) is 37.9. The van der Waals surface area contributed by atoms with Gasteiger partial charge in [-0.2, -0.15) is 0 Å². The number of nitrogens with one attached hydrogen (secondary N) is 1. The van der Waals surface area contributed by atoms with Gasteiger partial charge in [0.05, 0.1) is 42.7 Å². The molecule has 50 heavy (non-hydrogen) atoms. The van der Waals surface area contributed by atoms with E-state index in [4.69, 9.17) is 15.2 Å². The molecule has 284 valence electrons. The molecule has 1 aromatic rings. The van der Waals surface area contributed by atoms with Crippen molar-refractivity contribution >= 4 is 29.3 Å². The number of para-hydroxylation sites is 1. The average Bonchev–Trinajstić information content (AvgIpc) is 3.58. The van der Waals surface area contributed by atoms with Crippen LogP contribution in [0.25, 0.3) is 0 Å². The molecule has 1 fully saturated rings. The molecule has 0 radical (unpaired) electrons. The third-order valence-electron chi connectivity index (χ3n) is 10.8. The molecule has 1 saturated heterocycles. The molecule has 0 saturated carbocycles. The number of nitrogens with two attached hydrogens (primary N) is 1. The van der Waals surface area contributed by atoms with Crippen LogP contribution in [0.2, 0.25) is 0 Å². The van der Waals surface area contributed by atoms with Gasteiger partial charge in [-0.15, -0.1) is 0 Å². The summed E-state index contributed by atoms with van der Waals surface area (Å²) in [5, 5.41) is 2.97. The van der Waals surface area contributed by atoms with E-state index in [-0.39, 0.29) is 47.9 Å². The SMILES string of the molecule is CC[C@H](C)[C@@H]([C@@H](CC(=O)N1CCCC1[C@H](OC)[C@@H](C)C(=O)N(C)CCc1ccccc1N)OC)N(C)C(=O)C(NC(=O)C(C)N(C)C)C(C)C. The first-order valence-corrected chi connectivity index (χ1v) is 18.2. The number of carbonyl (C=O) groups is 4. The molecule has 12 heteroatoms. The van der Waals surface area contributed by atoms with Gasteiger partial charge in [-0.1, -0.05) is 59.2 Å². The van der Waals surface area contributed by atoms with Gasteiger partial charge in [0, 0.05) is 47.1 Å². The molecule has 1 aromatic carbocycles. The van der Waals surface area contributed by atoms with Crippen molar-refractivity contribution < 1.29 is 28.7 Å². The van der Waals surface area contributed by atoms with Crippen LogP contribution in [0.5, 0.6) is 0 Å². The van der Waals surface area contributed by atoms with E-state index in [1.165, 1.54) is 0 Å².